The molecule has 0 radical (unpaired) electrons. The van der Waals surface area contributed by atoms with Crippen molar-refractivity contribution in [1.82, 2.24) is 4.90 Å². The molecule has 1 amide bonds. The Morgan fingerprint density at radius 3 is 2.83 bits per heavy atom. The predicted octanol–water partition coefficient (Wildman–Crippen LogP) is 2.99. The standard InChI is InChI=1S/C28H32N2O6/c1-29(23(32)7-4-18-9-13-35-16-18)20-8-10-28(33)22-14-19-5-6-21(31)25-24(19)27(28,26(20)36-25)11-12-30(22,34)15-17-2-3-17/h4-7,9,13,16-17,20,22,26,33-34H,2-3,8,10-12,14-15H2,1H3/p+1/b7-4+/t20?,22-,26+,27+,28-,30?/m1/s1. The molecule has 3 N–H and O–H groups in total. The average molecular weight is 494 g/mol. The molecule has 2 aromatic rings. The normalized spacial score (nSPS) is 38.0. The monoisotopic (exact) mass is 493 g/mol. The molecule has 2 bridgehead atoms. The topological polar surface area (TPSA) is 103 Å². The van der Waals surface area contributed by atoms with E-state index >= 15 is 0 Å². The molecule has 3 fully saturated rings. The van der Waals surface area contributed by atoms with Gasteiger partial charge in [-0.3, -0.25) is 4.79 Å². The number of aromatic hydroxyl groups is 1. The van der Waals surface area contributed by atoms with Gasteiger partial charge in [0, 0.05) is 43.0 Å². The van der Waals surface area contributed by atoms with E-state index < -0.39 is 17.1 Å². The van der Waals surface area contributed by atoms with E-state index in [1.807, 2.05) is 6.07 Å². The molecule has 3 heterocycles. The SMILES string of the molecule is CN(C(=O)/C=C/c1ccoc1)C1CC[C@@]2(O)[C@H]3Cc4ccc(O)c5c4[C@@]2(CC[N+]3(O)CC2CC2)[C@H]1O5. The lowest BCUT2D eigenvalue weighted by atomic mass is 9.48. The lowest BCUT2D eigenvalue weighted by Crippen LogP contribution is -2.82. The minimum Gasteiger partial charge on any atom is -0.504 e. The number of phenolic OH excluding ortho intramolecular Hbond substituents is 1. The number of benzene rings is 1. The quantitative estimate of drug-likeness (QED) is 0.437. The van der Waals surface area contributed by atoms with Crippen LogP contribution in [0.5, 0.6) is 11.5 Å². The van der Waals surface area contributed by atoms with Crippen LogP contribution in [0.1, 0.15) is 48.8 Å². The number of hydrogen-bond acceptors (Lipinski definition) is 6. The maximum atomic E-state index is 13.2. The number of hydroxylamine groups is 3. The number of piperidine rings is 1. The van der Waals surface area contributed by atoms with Gasteiger partial charge in [-0.05, 0) is 49.5 Å². The highest BCUT2D eigenvalue weighted by Crippen LogP contribution is 2.66. The van der Waals surface area contributed by atoms with Gasteiger partial charge in [-0.2, -0.15) is 4.65 Å². The molecule has 5 aliphatic rings. The highest BCUT2D eigenvalue weighted by atomic mass is 16.6. The van der Waals surface area contributed by atoms with Crippen molar-refractivity contribution >= 4 is 12.0 Å². The second-order valence-corrected chi connectivity index (χ2v) is 11.6. The van der Waals surface area contributed by atoms with E-state index in [4.69, 9.17) is 9.15 Å². The number of ether oxygens (including phenoxy) is 1. The first kappa shape index (κ1) is 22.4. The summed E-state index contributed by atoms with van der Waals surface area (Å²) in [5, 5.41) is 35.3. The number of nitrogens with zero attached hydrogens (tertiary/aromatic N) is 2. The van der Waals surface area contributed by atoms with Crippen LogP contribution in [-0.2, 0) is 16.6 Å². The van der Waals surface area contributed by atoms with Gasteiger partial charge in [-0.1, -0.05) is 6.07 Å². The maximum Gasteiger partial charge on any atom is 0.246 e. The van der Waals surface area contributed by atoms with Gasteiger partial charge in [-0.25, -0.2) is 5.21 Å². The fourth-order valence-electron chi connectivity index (χ4n) is 7.97. The minimum atomic E-state index is -1.18. The van der Waals surface area contributed by atoms with Crippen LogP contribution < -0.4 is 4.74 Å². The highest BCUT2D eigenvalue weighted by molar-refractivity contribution is 5.91. The molecule has 8 nitrogen and oxygen atoms in total. The van der Waals surface area contributed by atoms with Gasteiger partial charge >= 0.3 is 0 Å². The Morgan fingerprint density at radius 2 is 2.08 bits per heavy atom. The Morgan fingerprint density at radius 1 is 1.25 bits per heavy atom. The number of carbonyl (C=O) groups is 1. The van der Waals surface area contributed by atoms with Gasteiger partial charge in [-0.15, -0.1) is 0 Å². The van der Waals surface area contributed by atoms with Crippen LogP contribution in [0.2, 0.25) is 0 Å². The number of furan rings is 1. The fraction of sp³-hybridized carbons (Fsp3) is 0.536. The number of likely N-dealkylation sites (tertiary alicyclic amines) is 1. The first-order valence-corrected chi connectivity index (χ1v) is 13.1. The molecule has 7 rings (SSSR count). The average Bonchev–Trinajstić information content (AvgIpc) is 3.36. The third-order valence-electron chi connectivity index (χ3n) is 9.86. The fourth-order valence-corrected chi connectivity index (χ4v) is 7.97. The molecule has 2 aliphatic heterocycles. The Hall–Kier alpha value is -2.81. The van der Waals surface area contributed by atoms with Crippen LogP contribution in [0.4, 0.5) is 0 Å². The Bertz CT molecular complexity index is 1250. The zero-order valence-corrected chi connectivity index (χ0v) is 20.5. The molecule has 6 atom stereocenters. The van der Waals surface area contributed by atoms with E-state index in [2.05, 4.69) is 0 Å². The number of rotatable bonds is 5. The minimum absolute atomic E-state index is 0.0687. The summed E-state index contributed by atoms with van der Waals surface area (Å²) in [6, 6.07) is 4.73. The van der Waals surface area contributed by atoms with Crippen molar-refractivity contribution in [3.05, 3.63) is 53.5 Å². The van der Waals surface area contributed by atoms with Crippen LogP contribution in [0, 0.1) is 5.92 Å². The molecule has 1 spiro atoms. The Labute approximate surface area is 209 Å². The van der Waals surface area contributed by atoms with Crippen molar-refractivity contribution in [1.29, 1.82) is 0 Å². The van der Waals surface area contributed by atoms with Crippen LogP contribution in [0.3, 0.4) is 0 Å². The van der Waals surface area contributed by atoms with Gasteiger partial charge in [0.15, 0.2) is 17.5 Å². The molecule has 2 unspecified atom stereocenters. The summed E-state index contributed by atoms with van der Waals surface area (Å²) in [6.07, 6.45) is 10.3. The van der Waals surface area contributed by atoms with E-state index in [-0.39, 0.29) is 28.4 Å². The van der Waals surface area contributed by atoms with E-state index in [1.54, 1.807) is 42.7 Å². The van der Waals surface area contributed by atoms with Crippen LogP contribution in [-0.4, -0.2) is 74.8 Å². The summed E-state index contributed by atoms with van der Waals surface area (Å²) >= 11 is 0. The van der Waals surface area contributed by atoms with Gasteiger partial charge in [0.25, 0.3) is 0 Å². The number of amides is 1. The second-order valence-electron chi connectivity index (χ2n) is 11.6. The van der Waals surface area contributed by atoms with E-state index in [9.17, 15) is 20.2 Å². The lowest BCUT2D eigenvalue weighted by molar-refractivity contribution is -1.13. The molecular formula is C28H33N2O6+. The molecule has 1 saturated heterocycles. The second kappa shape index (κ2) is 7.37. The third kappa shape index (κ3) is 2.83. The highest BCUT2D eigenvalue weighted by Gasteiger charge is 2.77. The number of likely N-dealkylation sites (N-methyl/N-ethyl adjacent to an activating group) is 1. The molecular weight excluding hydrogens is 460 g/mol. The van der Waals surface area contributed by atoms with Crippen molar-refractivity contribution < 1.29 is 34.0 Å². The van der Waals surface area contributed by atoms with Gasteiger partial charge < -0.3 is 24.3 Å². The smallest absolute Gasteiger partial charge is 0.246 e. The van der Waals surface area contributed by atoms with Crippen molar-refractivity contribution in [2.24, 2.45) is 5.92 Å². The van der Waals surface area contributed by atoms with Gasteiger partial charge in [0.2, 0.25) is 5.91 Å². The first-order valence-electron chi connectivity index (χ1n) is 13.1. The van der Waals surface area contributed by atoms with Crippen molar-refractivity contribution in [2.75, 3.05) is 20.1 Å². The maximum absolute atomic E-state index is 13.2. The number of carbonyl (C=O) groups excluding carboxylic acids is 1. The zero-order chi connectivity index (χ0) is 24.9. The van der Waals surface area contributed by atoms with Crippen molar-refractivity contribution in [3.63, 3.8) is 0 Å². The molecule has 8 heteroatoms. The molecule has 190 valence electrons. The Kier molecular flexibility index (Phi) is 4.58. The lowest BCUT2D eigenvalue weighted by Gasteiger charge is -2.64. The predicted molar refractivity (Wildman–Crippen MR) is 129 cm³/mol. The summed E-state index contributed by atoms with van der Waals surface area (Å²) in [5.41, 5.74) is 0.769. The van der Waals surface area contributed by atoms with Gasteiger partial charge in [0.05, 0.1) is 24.0 Å². The van der Waals surface area contributed by atoms with Gasteiger partial charge in [0.1, 0.15) is 24.8 Å². The van der Waals surface area contributed by atoms with Crippen LogP contribution in [0.25, 0.3) is 6.08 Å². The summed E-state index contributed by atoms with van der Waals surface area (Å²) in [6.45, 7) is 1.21. The summed E-state index contributed by atoms with van der Waals surface area (Å²) in [5.74, 6) is 0.869. The molecule has 2 saturated carbocycles. The largest absolute Gasteiger partial charge is 0.504 e. The van der Waals surface area contributed by atoms with Crippen molar-refractivity contribution in [2.45, 2.75) is 67.7 Å². The summed E-state index contributed by atoms with van der Waals surface area (Å²) < 4.78 is 11.5. The van der Waals surface area contributed by atoms with E-state index in [0.717, 1.165) is 29.5 Å². The van der Waals surface area contributed by atoms with E-state index in [1.165, 1.54) is 6.08 Å². The van der Waals surface area contributed by atoms with E-state index in [0.29, 0.717) is 50.4 Å². The van der Waals surface area contributed by atoms with Crippen LogP contribution in [0.15, 0.2) is 41.2 Å². The molecule has 36 heavy (non-hydrogen) atoms. The first-order chi connectivity index (χ1) is 17.3. The molecule has 1 aromatic heterocycles. The number of hydrogen-bond donors (Lipinski definition) is 3. The van der Waals surface area contributed by atoms with Crippen LogP contribution >= 0.6 is 0 Å². The number of aliphatic hydroxyl groups is 1. The summed E-state index contributed by atoms with van der Waals surface area (Å²) in [4.78, 5) is 14.9. The Balaban J connectivity index is 1.30. The number of quaternary nitrogens is 1. The molecule has 3 aliphatic carbocycles. The third-order valence-corrected chi connectivity index (χ3v) is 9.86. The number of phenols is 1. The summed E-state index contributed by atoms with van der Waals surface area (Å²) in [7, 11) is 1.78. The molecule has 1 aromatic carbocycles. The van der Waals surface area contributed by atoms with Crippen molar-refractivity contribution in [3.8, 4) is 11.5 Å². The zero-order valence-electron chi connectivity index (χ0n) is 20.5.